The Balaban J connectivity index is 2.12. The van der Waals surface area contributed by atoms with Crippen molar-refractivity contribution >= 4 is 17.8 Å². The molecule has 0 aliphatic rings. The highest BCUT2D eigenvalue weighted by Gasteiger charge is 2.27. The molecular formula is C22H25NO6. The van der Waals surface area contributed by atoms with Gasteiger partial charge in [-0.3, -0.25) is 4.79 Å². The molecular weight excluding hydrogens is 374 g/mol. The minimum atomic E-state index is -0.863. The Morgan fingerprint density at radius 2 is 1.66 bits per heavy atom. The summed E-state index contributed by atoms with van der Waals surface area (Å²) in [5.41, 5.74) is 0.684. The number of ether oxygens (including phenoxy) is 3. The van der Waals surface area contributed by atoms with E-state index in [0.29, 0.717) is 23.5 Å². The summed E-state index contributed by atoms with van der Waals surface area (Å²) in [5, 5.41) is 2.72. The molecule has 0 aromatic heterocycles. The molecule has 1 N–H and O–H groups in total. The van der Waals surface area contributed by atoms with Gasteiger partial charge in [-0.05, 0) is 49.2 Å². The van der Waals surface area contributed by atoms with Gasteiger partial charge in [0.25, 0.3) is 5.91 Å². The summed E-state index contributed by atoms with van der Waals surface area (Å²) in [7, 11) is 1.29. The summed E-state index contributed by atoms with van der Waals surface area (Å²) in [6.07, 6.45) is 0. The SMILES string of the molecule is CCOc1ccccc1C(=O)N[C@H](C(=O)Oc1ccc(C(=O)OC)cc1)C(C)C. The van der Waals surface area contributed by atoms with Crippen LogP contribution in [0.2, 0.25) is 0 Å². The fourth-order valence-electron chi connectivity index (χ4n) is 2.61. The van der Waals surface area contributed by atoms with Gasteiger partial charge in [-0.2, -0.15) is 0 Å². The molecule has 0 radical (unpaired) electrons. The number of rotatable bonds is 8. The van der Waals surface area contributed by atoms with Gasteiger partial charge < -0.3 is 19.5 Å². The van der Waals surface area contributed by atoms with E-state index in [1.54, 1.807) is 38.1 Å². The number of nitrogens with one attached hydrogen (secondary N) is 1. The second kappa shape index (κ2) is 10.3. The molecule has 1 amide bonds. The number of methoxy groups -OCH3 is 1. The van der Waals surface area contributed by atoms with Gasteiger partial charge in [-0.25, -0.2) is 9.59 Å². The van der Waals surface area contributed by atoms with Crippen molar-refractivity contribution in [3.8, 4) is 11.5 Å². The number of carbonyl (C=O) groups excluding carboxylic acids is 3. The first-order valence-electron chi connectivity index (χ1n) is 9.30. The monoisotopic (exact) mass is 399 g/mol. The lowest BCUT2D eigenvalue weighted by Crippen LogP contribution is -2.46. The van der Waals surface area contributed by atoms with Gasteiger partial charge in [0.2, 0.25) is 0 Å². The lowest BCUT2D eigenvalue weighted by atomic mass is 10.0. The topological polar surface area (TPSA) is 90.9 Å². The van der Waals surface area contributed by atoms with Crippen LogP contribution >= 0.6 is 0 Å². The van der Waals surface area contributed by atoms with Crippen molar-refractivity contribution in [2.45, 2.75) is 26.8 Å². The Morgan fingerprint density at radius 3 is 2.24 bits per heavy atom. The van der Waals surface area contributed by atoms with E-state index in [1.165, 1.54) is 31.4 Å². The van der Waals surface area contributed by atoms with Crippen LogP contribution < -0.4 is 14.8 Å². The van der Waals surface area contributed by atoms with E-state index in [4.69, 9.17) is 9.47 Å². The number of hydrogen-bond acceptors (Lipinski definition) is 6. The molecule has 29 heavy (non-hydrogen) atoms. The lowest BCUT2D eigenvalue weighted by molar-refractivity contribution is -0.137. The Kier molecular flexibility index (Phi) is 7.77. The molecule has 0 saturated heterocycles. The van der Waals surface area contributed by atoms with E-state index >= 15 is 0 Å². The van der Waals surface area contributed by atoms with Gasteiger partial charge in [-0.15, -0.1) is 0 Å². The van der Waals surface area contributed by atoms with E-state index in [0.717, 1.165) is 0 Å². The quantitative estimate of drug-likeness (QED) is 0.541. The number of carbonyl (C=O) groups is 3. The molecule has 7 heteroatoms. The maximum atomic E-state index is 12.7. The van der Waals surface area contributed by atoms with Crippen LogP contribution in [0.3, 0.4) is 0 Å². The lowest BCUT2D eigenvalue weighted by Gasteiger charge is -2.21. The number of amides is 1. The Morgan fingerprint density at radius 1 is 1.00 bits per heavy atom. The third-order valence-corrected chi connectivity index (χ3v) is 4.13. The van der Waals surface area contributed by atoms with Crippen LogP contribution in [-0.4, -0.2) is 37.6 Å². The smallest absolute Gasteiger partial charge is 0.337 e. The van der Waals surface area contributed by atoms with Crippen molar-refractivity contribution in [1.29, 1.82) is 0 Å². The maximum absolute atomic E-state index is 12.7. The van der Waals surface area contributed by atoms with Gasteiger partial charge in [0.15, 0.2) is 0 Å². The van der Waals surface area contributed by atoms with Gasteiger partial charge >= 0.3 is 11.9 Å². The molecule has 0 heterocycles. The zero-order chi connectivity index (χ0) is 21.4. The molecule has 0 unspecified atom stereocenters. The van der Waals surface area contributed by atoms with E-state index < -0.39 is 23.9 Å². The maximum Gasteiger partial charge on any atom is 0.337 e. The Hall–Kier alpha value is -3.35. The number of hydrogen-bond donors (Lipinski definition) is 1. The largest absolute Gasteiger partial charge is 0.493 e. The second-order valence-corrected chi connectivity index (χ2v) is 6.56. The van der Waals surface area contributed by atoms with Crippen LogP contribution in [0.1, 0.15) is 41.5 Å². The van der Waals surface area contributed by atoms with E-state index in [9.17, 15) is 14.4 Å². The number of esters is 2. The highest BCUT2D eigenvalue weighted by Crippen LogP contribution is 2.19. The molecule has 2 aromatic carbocycles. The molecule has 0 bridgehead atoms. The molecule has 0 fully saturated rings. The molecule has 7 nitrogen and oxygen atoms in total. The summed E-state index contributed by atoms with van der Waals surface area (Å²) in [6.45, 7) is 5.86. The standard InChI is InChI=1S/C22H25NO6/c1-5-28-18-9-7-6-8-17(18)20(24)23-19(14(2)3)22(26)29-16-12-10-15(11-13-16)21(25)27-4/h6-14,19H,5H2,1-4H3,(H,23,24)/t19-/m0/s1. The first kappa shape index (κ1) is 21.9. The molecule has 0 saturated carbocycles. The minimum absolute atomic E-state index is 0.208. The molecule has 1 atom stereocenters. The van der Waals surface area contributed by atoms with Gasteiger partial charge in [-0.1, -0.05) is 26.0 Å². The van der Waals surface area contributed by atoms with Crippen molar-refractivity contribution in [3.05, 3.63) is 59.7 Å². The van der Waals surface area contributed by atoms with Crippen molar-refractivity contribution in [1.82, 2.24) is 5.32 Å². The number of benzene rings is 2. The molecule has 0 aliphatic carbocycles. The number of para-hydroxylation sites is 1. The van der Waals surface area contributed by atoms with Crippen molar-refractivity contribution in [2.24, 2.45) is 5.92 Å². The van der Waals surface area contributed by atoms with Crippen LogP contribution in [0, 0.1) is 5.92 Å². The summed E-state index contributed by atoms with van der Waals surface area (Å²) < 4.78 is 15.5. The predicted molar refractivity (Wildman–Crippen MR) is 107 cm³/mol. The Labute approximate surface area is 170 Å². The Bertz CT molecular complexity index is 860. The van der Waals surface area contributed by atoms with Crippen molar-refractivity contribution in [2.75, 3.05) is 13.7 Å². The molecule has 154 valence electrons. The average Bonchev–Trinajstić information content (AvgIpc) is 2.72. The third-order valence-electron chi connectivity index (χ3n) is 4.13. The predicted octanol–water partition coefficient (Wildman–Crippen LogP) is 3.23. The van der Waals surface area contributed by atoms with E-state index in [2.05, 4.69) is 10.1 Å². The average molecular weight is 399 g/mol. The van der Waals surface area contributed by atoms with Crippen LogP contribution in [0.15, 0.2) is 48.5 Å². The van der Waals surface area contributed by atoms with Gasteiger partial charge in [0.05, 0.1) is 24.8 Å². The molecule has 0 aliphatic heterocycles. The summed E-state index contributed by atoms with van der Waals surface area (Å²) in [6, 6.07) is 11.9. The van der Waals surface area contributed by atoms with E-state index in [1.807, 2.05) is 6.92 Å². The normalized spacial score (nSPS) is 11.5. The second-order valence-electron chi connectivity index (χ2n) is 6.56. The van der Waals surface area contributed by atoms with Crippen LogP contribution in [-0.2, 0) is 9.53 Å². The molecule has 0 spiro atoms. The summed E-state index contributed by atoms with van der Waals surface area (Å²) in [5.74, 6) is -1.01. The highest BCUT2D eigenvalue weighted by atomic mass is 16.5. The van der Waals surface area contributed by atoms with E-state index in [-0.39, 0.29) is 11.7 Å². The van der Waals surface area contributed by atoms with Crippen LogP contribution in [0.25, 0.3) is 0 Å². The fourth-order valence-corrected chi connectivity index (χ4v) is 2.61. The van der Waals surface area contributed by atoms with Crippen molar-refractivity contribution in [3.63, 3.8) is 0 Å². The third kappa shape index (κ3) is 5.81. The molecule has 2 rings (SSSR count). The minimum Gasteiger partial charge on any atom is -0.493 e. The molecule has 2 aromatic rings. The summed E-state index contributed by atoms with van der Waals surface area (Å²) >= 11 is 0. The zero-order valence-corrected chi connectivity index (χ0v) is 16.9. The highest BCUT2D eigenvalue weighted by molar-refractivity contribution is 5.99. The first-order chi connectivity index (χ1) is 13.9. The fraction of sp³-hybridized carbons (Fsp3) is 0.318. The van der Waals surface area contributed by atoms with Gasteiger partial charge in [0.1, 0.15) is 17.5 Å². The zero-order valence-electron chi connectivity index (χ0n) is 16.9. The van der Waals surface area contributed by atoms with Gasteiger partial charge in [0, 0.05) is 0 Å². The van der Waals surface area contributed by atoms with Crippen LogP contribution in [0.4, 0.5) is 0 Å². The first-order valence-corrected chi connectivity index (χ1v) is 9.30. The summed E-state index contributed by atoms with van der Waals surface area (Å²) in [4.78, 5) is 36.8. The van der Waals surface area contributed by atoms with Crippen molar-refractivity contribution < 1.29 is 28.6 Å². The van der Waals surface area contributed by atoms with Crippen LogP contribution in [0.5, 0.6) is 11.5 Å².